The third-order valence-corrected chi connectivity index (χ3v) is 3.88. The summed E-state index contributed by atoms with van der Waals surface area (Å²) in [5.41, 5.74) is 1.74. The van der Waals surface area contributed by atoms with Gasteiger partial charge in [-0.05, 0) is 29.3 Å². The highest BCUT2D eigenvalue weighted by atomic mass is 19.2. The lowest BCUT2D eigenvalue weighted by Crippen LogP contribution is -2.02. The Balaban J connectivity index is 2.00. The van der Waals surface area contributed by atoms with E-state index in [-0.39, 0.29) is 18.6 Å². The van der Waals surface area contributed by atoms with Crippen molar-refractivity contribution in [2.45, 2.75) is 13.0 Å². The lowest BCUT2D eigenvalue weighted by atomic mass is 10.00. The van der Waals surface area contributed by atoms with E-state index in [4.69, 9.17) is 9.84 Å². The number of hydrogen-bond donors (Lipinski definition) is 1. The van der Waals surface area contributed by atoms with E-state index in [0.717, 1.165) is 11.6 Å². The van der Waals surface area contributed by atoms with Gasteiger partial charge in [-0.25, -0.2) is 8.78 Å². The van der Waals surface area contributed by atoms with Crippen LogP contribution in [-0.4, -0.2) is 11.1 Å². The van der Waals surface area contributed by atoms with Gasteiger partial charge in [0, 0.05) is 11.1 Å². The van der Waals surface area contributed by atoms with Crippen molar-refractivity contribution < 1.29 is 23.4 Å². The lowest BCUT2D eigenvalue weighted by molar-refractivity contribution is -0.136. The van der Waals surface area contributed by atoms with E-state index in [9.17, 15) is 13.6 Å². The fourth-order valence-electron chi connectivity index (χ4n) is 2.65. The summed E-state index contributed by atoms with van der Waals surface area (Å²) in [6, 6.07) is 18.0. The number of carboxylic acid groups (broad SMARTS) is 1. The third-order valence-electron chi connectivity index (χ3n) is 3.88. The van der Waals surface area contributed by atoms with Crippen LogP contribution in [0.25, 0.3) is 11.1 Å². The van der Waals surface area contributed by atoms with Gasteiger partial charge in [0.2, 0.25) is 0 Å². The molecule has 3 aromatic rings. The zero-order valence-corrected chi connectivity index (χ0v) is 13.8. The van der Waals surface area contributed by atoms with Gasteiger partial charge in [0.05, 0.1) is 6.42 Å². The molecule has 0 radical (unpaired) electrons. The lowest BCUT2D eigenvalue weighted by Gasteiger charge is -2.14. The van der Waals surface area contributed by atoms with Crippen molar-refractivity contribution in [1.82, 2.24) is 0 Å². The smallest absolute Gasteiger partial charge is 0.307 e. The Morgan fingerprint density at radius 2 is 1.65 bits per heavy atom. The van der Waals surface area contributed by atoms with Gasteiger partial charge in [0.15, 0.2) is 11.6 Å². The molecule has 5 heteroatoms. The Morgan fingerprint density at radius 1 is 0.885 bits per heavy atom. The fraction of sp³-hybridized carbons (Fsp3) is 0.0952. The summed E-state index contributed by atoms with van der Waals surface area (Å²) in [5, 5.41) is 8.98. The molecule has 132 valence electrons. The summed E-state index contributed by atoms with van der Waals surface area (Å²) in [6.45, 7) is 0.253. The van der Waals surface area contributed by atoms with Gasteiger partial charge >= 0.3 is 5.97 Å². The van der Waals surface area contributed by atoms with Crippen LogP contribution in [0.1, 0.15) is 11.1 Å². The summed E-state index contributed by atoms with van der Waals surface area (Å²) >= 11 is 0. The van der Waals surface area contributed by atoms with Gasteiger partial charge in [-0.1, -0.05) is 48.5 Å². The monoisotopic (exact) mass is 354 g/mol. The predicted octanol–water partition coefficient (Wildman–Crippen LogP) is 4.84. The summed E-state index contributed by atoms with van der Waals surface area (Å²) in [5.74, 6) is -2.62. The molecule has 0 bridgehead atoms. The van der Waals surface area contributed by atoms with Gasteiger partial charge in [-0.2, -0.15) is 0 Å². The molecule has 0 fully saturated rings. The van der Waals surface area contributed by atoms with Crippen molar-refractivity contribution in [3.8, 4) is 16.9 Å². The van der Waals surface area contributed by atoms with Crippen LogP contribution in [0.5, 0.6) is 5.75 Å². The quantitative estimate of drug-likeness (QED) is 0.689. The van der Waals surface area contributed by atoms with E-state index >= 15 is 0 Å². The Labute approximate surface area is 149 Å². The van der Waals surface area contributed by atoms with Gasteiger partial charge < -0.3 is 9.84 Å². The molecule has 0 amide bonds. The van der Waals surface area contributed by atoms with Gasteiger partial charge in [-0.15, -0.1) is 0 Å². The van der Waals surface area contributed by atoms with E-state index in [0.29, 0.717) is 16.9 Å². The van der Waals surface area contributed by atoms with Crippen LogP contribution >= 0.6 is 0 Å². The Hall–Kier alpha value is -3.21. The molecule has 0 aliphatic heterocycles. The van der Waals surface area contributed by atoms with Crippen molar-refractivity contribution in [2.24, 2.45) is 0 Å². The molecule has 0 saturated carbocycles. The largest absolute Gasteiger partial charge is 0.488 e. The number of halogens is 2. The number of ether oxygens (including phenoxy) is 1. The van der Waals surface area contributed by atoms with E-state index in [1.807, 2.05) is 30.3 Å². The van der Waals surface area contributed by atoms with Crippen LogP contribution in [0.4, 0.5) is 8.78 Å². The minimum Gasteiger partial charge on any atom is -0.488 e. The highest BCUT2D eigenvalue weighted by Crippen LogP contribution is 2.34. The maximum Gasteiger partial charge on any atom is 0.307 e. The van der Waals surface area contributed by atoms with Crippen molar-refractivity contribution >= 4 is 5.97 Å². The average molecular weight is 354 g/mol. The second-order valence-corrected chi connectivity index (χ2v) is 5.78. The summed E-state index contributed by atoms with van der Waals surface area (Å²) in [4.78, 5) is 11.0. The molecule has 0 heterocycles. The van der Waals surface area contributed by atoms with Crippen LogP contribution in [0, 0.1) is 11.6 Å². The molecule has 0 aromatic heterocycles. The molecule has 3 nitrogen and oxygen atoms in total. The molecular formula is C21H16F2O3. The molecule has 3 aromatic carbocycles. The van der Waals surface area contributed by atoms with Crippen LogP contribution in [0.2, 0.25) is 0 Å². The molecule has 0 aliphatic rings. The van der Waals surface area contributed by atoms with Gasteiger partial charge in [0.25, 0.3) is 0 Å². The first-order valence-corrected chi connectivity index (χ1v) is 8.00. The topological polar surface area (TPSA) is 46.5 Å². The molecular weight excluding hydrogens is 338 g/mol. The Morgan fingerprint density at radius 3 is 2.38 bits per heavy atom. The Bertz CT molecular complexity index is 924. The van der Waals surface area contributed by atoms with E-state index in [2.05, 4.69) is 0 Å². The summed E-state index contributed by atoms with van der Waals surface area (Å²) in [6.07, 6.45) is -0.219. The second-order valence-electron chi connectivity index (χ2n) is 5.78. The molecule has 26 heavy (non-hydrogen) atoms. The first-order valence-electron chi connectivity index (χ1n) is 8.00. The van der Waals surface area contributed by atoms with Crippen LogP contribution in [0.3, 0.4) is 0 Å². The molecule has 0 saturated heterocycles. The third kappa shape index (κ3) is 4.06. The first kappa shape index (κ1) is 17.6. The summed E-state index contributed by atoms with van der Waals surface area (Å²) < 4.78 is 33.7. The maximum absolute atomic E-state index is 14.3. The molecule has 0 aliphatic carbocycles. The highest BCUT2D eigenvalue weighted by Gasteiger charge is 2.16. The van der Waals surface area contributed by atoms with Crippen LogP contribution in [-0.2, 0) is 17.8 Å². The molecule has 3 rings (SSSR count). The van der Waals surface area contributed by atoms with Gasteiger partial charge in [0.1, 0.15) is 12.4 Å². The predicted molar refractivity (Wildman–Crippen MR) is 93.9 cm³/mol. The number of benzene rings is 3. The number of hydrogen-bond acceptors (Lipinski definition) is 2. The minimum atomic E-state index is -1.01. The summed E-state index contributed by atoms with van der Waals surface area (Å²) in [7, 11) is 0. The molecule has 1 N–H and O–H groups in total. The van der Waals surface area contributed by atoms with Crippen LogP contribution in [0.15, 0.2) is 66.7 Å². The molecule has 0 spiro atoms. The second kappa shape index (κ2) is 7.78. The highest BCUT2D eigenvalue weighted by molar-refractivity contribution is 5.75. The van der Waals surface area contributed by atoms with Crippen molar-refractivity contribution in [2.75, 3.05) is 0 Å². The minimum absolute atomic E-state index is 0.0281. The van der Waals surface area contributed by atoms with E-state index in [1.54, 1.807) is 12.1 Å². The average Bonchev–Trinajstić information content (AvgIpc) is 2.63. The fourth-order valence-corrected chi connectivity index (χ4v) is 2.65. The number of aliphatic carboxylic acids is 1. The van der Waals surface area contributed by atoms with Crippen molar-refractivity contribution in [1.29, 1.82) is 0 Å². The van der Waals surface area contributed by atoms with Crippen LogP contribution < -0.4 is 4.74 Å². The van der Waals surface area contributed by atoms with Gasteiger partial charge in [-0.3, -0.25) is 4.79 Å². The number of rotatable bonds is 6. The van der Waals surface area contributed by atoms with E-state index in [1.165, 1.54) is 18.2 Å². The first-order chi connectivity index (χ1) is 12.5. The standard InChI is InChI=1S/C21H16F2O3/c22-18-8-4-7-16(21(18)23)17-11-15(12-20(24)25)9-10-19(17)26-13-14-5-2-1-3-6-14/h1-11H,12-13H2,(H,24,25). The molecule has 0 atom stereocenters. The number of carboxylic acids is 1. The normalized spacial score (nSPS) is 10.5. The zero-order valence-electron chi connectivity index (χ0n) is 13.8. The zero-order chi connectivity index (χ0) is 18.5. The Kier molecular flexibility index (Phi) is 5.27. The van der Waals surface area contributed by atoms with Crippen molar-refractivity contribution in [3.05, 3.63) is 89.5 Å². The maximum atomic E-state index is 14.3. The SMILES string of the molecule is O=C(O)Cc1ccc(OCc2ccccc2)c(-c2cccc(F)c2F)c1. The number of carbonyl (C=O) groups is 1. The van der Waals surface area contributed by atoms with Crippen molar-refractivity contribution in [3.63, 3.8) is 0 Å². The molecule has 0 unspecified atom stereocenters. The van der Waals surface area contributed by atoms with E-state index < -0.39 is 17.6 Å².